The zero-order valence-corrected chi connectivity index (χ0v) is 12.9. The second-order valence-corrected chi connectivity index (χ2v) is 6.89. The first-order valence-corrected chi connectivity index (χ1v) is 8.22. The highest BCUT2D eigenvalue weighted by Crippen LogP contribution is 2.28. The summed E-state index contributed by atoms with van der Waals surface area (Å²) in [5.74, 6) is 0.708. The first-order valence-electron chi connectivity index (χ1n) is 5.88. The number of nitrogens with zero attached hydrogens (tertiary/aromatic N) is 2. The largest absolute Gasteiger partial charge is 0.381 e. The molecule has 1 fully saturated rings. The van der Waals surface area contributed by atoms with Crippen molar-refractivity contribution in [1.82, 2.24) is 4.98 Å². The van der Waals surface area contributed by atoms with E-state index in [9.17, 15) is 8.42 Å². The van der Waals surface area contributed by atoms with Crippen molar-refractivity contribution in [3.63, 3.8) is 0 Å². The van der Waals surface area contributed by atoms with Crippen LogP contribution in [0.2, 0.25) is 0 Å². The monoisotopic (exact) mass is 349 g/mol. The Bertz CT molecular complexity index is 558. The molecule has 0 aliphatic carbocycles. The lowest BCUT2D eigenvalue weighted by Crippen LogP contribution is -2.37. The Balaban J connectivity index is 2.25. The summed E-state index contributed by atoms with van der Waals surface area (Å²) in [4.78, 5) is 6.24. The molecule has 2 heterocycles. The molecular weight excluding hydrogens is 334 g/mol. The number of nitrogens with two attached hydrogens (primary N) is 1. The van der Waals surface area contributed by atoms with Crippen LogP contribution in [-0.4, -0.2) is 39.7 Å². The molecule has 1 aromatic heterocycles. The number of hydrogen-bond donors (Lipinski definition) is 1. The van der Waals surface area contributed by atoms with Gasteiger partial charge in [-0.25, -0.2) is 18.5 Å². The first-order chi connectivity index (χ1) is 8.89. The molecule has 2 N–H and O–H groups in total. The fourth-order valence-electron chi connectivity index (χ4n) is 2.07. The van der Waals surface area contributed by atoms with Gasteiger partial charge in [0.05, 0.1) is 4.47 Å². The van der Waals surface area contributed by atoms with Crippen LogP contribution in [0.1, 0.15) is 12.8 Å². The molecule has 0 unspecified atom stereocenters. The Hall–Kier alpha value is -0.700. The molecule has 1 aliphatic heterocycles. The predicted octanol–water partition coefficient (Wildman–Crippen LogP) is 1.11. The number of rotatable bonds is 3. The first kappa shape index (κ1) is 14.7. The van der Waals surface area contributed by atoms with E-state index in [1.54, 1.807) is 0 Å². The lowest BCUT2D eigenvalue weighted by Gasteiger charge is -2.32. The smallest absolute Gasteiger partial charge is 0.239 e. The van der Waals surface area contributed by atoms with Gasteiger partial charge in [0, 0.05) is 32.5 Å². The number of hydrogen-bond acceptors (Lipinski definition) is 5. The molecule has 0 spiro atoms. The number of pyridine rings is 1. The number of anilines is 1. The van der Waals surface area contributed by atoms with Crippen LogP contribution >= 0.6 is 15.9 Å². The summed E-state index contributed by atoms with van der Waals surface area (Å²) in [5.41, 5.74) is 0. The average molecular weight is 350 g/mol. The molecule has 106 valence electrons. The molecule has 0 bridgehead atoms. The molecule has 6 nitrogen and oxygen atoms in total. The second kappa shape index (κ2) is 5.74. The van der Waals surface area contributed by atoms with Crippen molar-refractivity contribution >= 4 is 31.8 Å². The van der Waals surface area contributed by atoms with E-state index in [2.05, 4.69) is 20.9 Å². The Kier molecular flexibility index (Phi) is 4.44. The van der Waals surface area contributed by atoms with Gasteiger partial charge in [0.2, 0.25) is 10.0 Å². The number of sulfonamides is 1. The molecule has 0 atom stereocenters. The molecule has 1 saturated heterocycles. The van der Waals surface area contributed by atoms with Gasteiger partial charge in [-0.3, -0.25) is 0 Å². The van der Waals surface area contributed by atoms with E-state index in [1.165, 1.54) is 12.3 Å². The van der Waals surface area contributed by atoms with Gasteiger partial charge in [-0.1, -0.05) is 0 Å². The molecule has 1 aliphatic rings. The van der Waals surface area contributed by atoms with Crippen LogP contribution in [0.5, 0.6) is 0 Å². The van der Waals surface area contributed by atoms with E-state index in [-0.39, 0.29) is 4.90 Å². The van der Waals surface area contributed by atoms with Gasteiger partial charge in [-0.05, 0) is 34.8 Å². The van der Waals surface area contributed by atoms with Crippen LogP contribution in [0.15, 0.2) is 21.6 Å². The Labute approximate surface area is 121 Å². The summed E-state index contributed by atoms with van der Waals surface area (Å²) < 4.78 is 28.5. The summed E-state index contributed by atoms with van der Waals surface area (Å²) in [7, 11) is -1.78. The van der Waals surface area contributed by atoms with Crippen molar-refractivity contribution < 1.29 is 13.2 Å². The summed E-state index contributed by atoms with van der Waals surface area (Å²) in [6.07, 6.45) is 3.15. The lowest BCUT2D eigenvalue weighted by molar-refractivity contribution is 0.0853. The normalized spacial score (nSPS) is 17.4. The van der Waals surface area contributed by atoms with E-state index in [0.717, 1.165) is 26.1 Å². The van der Waals surface area contributed by atoms with Crippen molar-refractivity contribution in [2.24, 2.45) is 5.14 Å². The molecule has 0 aromatic carbocycles. The predicted molar refractivity (Wildman–Crippen MR) is 75.6 cm³/mol. The number of ether oxygens (including phenoxy) is 1. The van der Waals surface area contributed by atoms with Crippen molar-refractivity contribution in [1.29, 1.82) is 0 Å². The fraction of sp³-hybridized carbons (Fsp3) is 0.545. The third-order valence-corrected chi connectivity index (χ3v) is 4.66. The van der Waals surface area contributed by atoms with Gasteiger partial charge >= 0.3 is 0 Å². The van der Waals surface area contributed by atoms with E-state index in [1.807, 2.05) is 11.9 Å². The lowest BCUT2D eigenvalue weighted by atomic mass is 10.1. The minimum absolute atomic E-state index is 0.00324. The Morgan fingerprint density at radius 3 is 2.63 bits per heavy atom. The zero-order valence-electron chi connectivity index (χ0n) is 10.5. The fourth-order valence-corrected chi connectivity index (χ4v) is 3.34. The average Bonchev–Trinajstić information content (AvgIpc) is 2.38. The van der Waals surface area contributed by atoms with Crippen LogP contribution in [0, 0.1) is 0 Å². The minimum atomic E-state index is -3.72. The van der Waals surface area contributed by atoms with Gasteiger partial charge in [0.25, 0.3) is 0 Å². The quantitative estimate of drug-likeness (QED) is 0.883. The van der Waals surface area contributed by atoms with Gasteiger partial charge in [0.1, 0.15) is 10.7 Å². The van der Waals surface area contributed by atoms with Crippen molar-refractivity contribution in [3.05, 3.63) is 16.7 Å². The van der Waals surface area contributed by atoms with E-state index in [0.29, 0.717) is 16.3 Å². The molecule has 8 heteroatoms. The molecule has 1 aromatic rings. The van der Waals surface area contributed by atoms with Crippen molar-refractivity contribution in [2.75, 3.05) is 25.2 Å². The highest BCUT2D eigenvalue weighted by Gasteiger charge is 2.22. The Morgan fingerprint density at radius 2 is 2.11 bits per heavy atom. The molecular formula is C11H16BrN3O3S. The molecule has 0 radical (unpaired) electrons. The van der Waals surface area contributed by atoms with E-state index < -0.39 is 10.0 Å². The van der Waals surface area contributed by atoms with Crippen LogP contribution in [0.25, 0.3) is 0 Å². The van der Waals surface area contributed by atoms with E-state index >= 15 is 0 Å². The number of halogens is 1. The van der Waals surface area contributed by atoms with Crippen LogP contribution in [0.4, 0.5) is 5.82 Å². The summed E-state index contributed by atoms with van der Waals surface area (Å²) >= 11 is 3.35. The molecule has 0 amide bonds. The van der Waals surface area contributed by atoms with Crippen molar-refractivity contribution in [2.45, 2.75) is 23.8 Å². The van der Waals surface area contributed by atoms with Crippen molar-refractivity contribution in [3.8, 4) is 0 Å². The summed E-state index contributed by atoms with van der Waals surface area (Å²) in [6, 6.07) is 1.82. The van der Waals surface area contributed by atoms with E-state index in [4.69, 9.17) is 9.88 Å². The van der Waals surface area contributed by atoms with Gasteiger partial charge in [-0.2, -0.15) is 0 Å². The maximum absolute atomic E-state index is 11.3. The standard InChI is InChI=1S/C11H16BrN3O3S/c1-15(8-2-4-18-5-3-8)11-10(12)6-9(7-14-11)19(13,16)17/h6-8H,2-5H2,1H3,(H2,13,16,17). The van der Waals surface area contributed by atoms with Crippen LogP contribution in [-0.2, 0) is 14.8 Å². The molecule has 19 heavy (non-hydrogen) atoms. The SMILES string of the molecule is CN(c1ncc(S(N)(=O)=O)cc1Br)C1CCOCC1. The third-order valence-electron chi connectivity index (χ3n) is 3.20. The summed E-state index contributed by atoms with van der Waals surface area (Å²) in [5, 5.41) is 5.08. The maximum atomic E-state index is 11.3. The Morgan fingerprint density at radius 1 is 1.47 bits per heavy atom. The van der Waals surface area contributed by atoms with Gasteiger partial charge < -0.3 is 9.64 Å². The highest BCUT2D eigenvalue weighted by molar-refractivity contribution is 9.10. The zero-order chi connectivity index (χ0) is 14.0. The number of aromatic nitrogens is 1. The maximum Gasteiger partial charge on any atom is 0.239 e. The van der Waals surface area contributed by atoms with Gasteiger partial charge in [0.15, 0.2) is 0 Å². The summed E-state index contributed by atoms with van der Waals surface area (Å²) in [6.45, 7) is 1.48. The highest BCUT2D eigenvalue weighted by atomic mass is 79.9. The minimum Gasteiger partial charge on any atom is -0.381 e. The second-order valence-electron chi connectivity index (χ2n) is 4.48. The molecule has 2 rings (SSSR count). The number of primary sulfonamides is 1. The molecule has 0 saturated carbocycles. The third kappa shape index (κ3) is 3.44. The topological polar surface area (TPSA) is 85.5 Å². The van der Waals surface area contributed by atoms with Crippen LogP contribution in [0.3, 0.4) is 0 Å². The van der Waals surface area contributed by atoms with Crippen LogP contribution < -0.4 is 10.0 Å². The van der Waals surface area contributed by atoms with Gasteiger partial charge in [-0.15, -0.1) is 0 Å².